The van der Waals surface area contributed by atoms with Gasteiger partial charge in [-0.3, -0.25) is 4.79 Å². The average molecular weight is 235 g/mol. The molecule has 0 aliphatic carbocycles. The Balaban J connectivity index is 2.05. The monoisotopic (exact) mass is 235 g/mol. The maximum Gasteiger partial charge on any atom is 0.251 e. The first-order valence-electron chi connectivity index (χ1n) is 6.08. The van der Waals surface area contributed by atoms with Gasteiger partial charge >= 0.3 is 0 Å². The third kappa shape index (κ3) is 6.04. The van der Waals surface area contributed by atoms with Gasteiger partial charge < -0.3 is 16.4 Å². The van der Waals surface area contributed by atoms with Crippen LogP contribution in [0.25, 0.3) is 0 Å². The number of nitrogens with two attached hydrogens (primary N) is 1. The smallest absolute Gasteiger partial charge is 0.251 e. The highest BCUT2D eigenvalue weighted by molar-refractivity contribution is 5.94. The van der Waals surface area contributed by atoms with Crippen molar-refractivity contribution in [3.63, 3.8) is 0 Å². The summed E-state index contributed by atoms with van der Waals surface area (Å²) in [6.07, 6.45) is 1.93. The van der Waals surface area contributed by atoms with Crippen molar-refractivity contribution < 1.29 is 4.79 Å². The highest BCUT2D eigenvalue weighted by Gasteiger charge is 2.02. The SMILES string of the molecule is NCCCNCCCNC(=O)c1ccccc1. The molecule has 0 bridgehead atoms. The van der Waals surface area contributed by atoms with Gasteiger partial charge in [0.15, 0.2) is 0 Å². The first-order chi connectivity index (χ1) is 8.34. The van der Waals surface area contributed by atoms with Crippen LogP contribution in [0.2, 0.25) is 0 Å². The molecular formula is C13H21N3O. The quantitative estimate of drug-likeness (QED) is 0.582. The molecule has 4 N–H and O–H groups in total. The number of carbonyl (C=O) groups is 1. The van der Waals surface area contributed by atoms with E-state index in [-0.39, 0.29) is 5.91 Å². The molecule has 4 nitrogen and oxygen atoms in total. The molecule has 0 saturated heterocycles. The Hall–Kier alpha value is -1.39. The van der Waals surface area contributed by atoms with Crippen LogP contribution in [0.5, 0.6) is 0 Å². The number of benzene rings is 1. The molecule has 0 aliphatic heterocycles. The van der Waals surface area contributed by atoms with Crippen LogP contribution in [-0.4, -0.2) is 32.1 Å². The van der Waals surface area contributed by atoms with E-state index in [1.807, 2.05) is 30.3 Å². The lowest BCUT2D eigenvalue weighted by Crippen LogP contribution is -2.28. The molecule has 0 aromatic heterocycles. The number of amides is 1. The van der Waals surface area contributed by atoms with Crippen LogP contribution in [0.4, 0.5) is 0 Å². The van der Waals surface area contributed by atoms with E-state index in [0.29, 0.717) is 12.1 Å². The second-order valence-corrected chi connectivity index (χ2v) is 3.87. The second-order valence-electron chi connectivity index (χ2n) is 3.87. The average Bonchev–Trinajstić information content (AvgIpc) is 2.38. The van der Waals surface area contributed by atoms with E-state index < -0.39 is 0 Å². The lowest BCUT2D eigenvalue weighted by atomic mass is 10.2. The summed E-state index contributed by atoms with van der Waals surface area (Å²) in [6.45, 7) is 3.28. The first kappa shape index (κ1) is 13.7. The van der Waals surface area contributed by atoms with Crippen molar-refractivity contribution in [1.29, 1.82) is 0 Å². The minimum atomic E-state index is -0.00689. The van der Waals surface area contributed by atoms with E-state index in [1.165, 1.54) is 0 Å². The number of rotatable bonds is 8. The fourth-order valence-electron chi connectivity index (χ4n) is 1.46. The fourth-order valence-corrected chi connectivity index (χ4v) is 1.46. The summed E-state index contributed by atoms with van der Waals surface area (Å²) in [4.78, 5) is 11.6. The summed E-state index contributed by atoms with van der Waals surface area (Å²) >= 11 is 0. The number of hydrogen-bond donors (Lipinski definition) is 3. The van der Waals surface area contributed by atoms with E-state index >= 15 is 0 Å². The second kappa shape index (κ2) is 8.73. The van der Waals surface area contributed by atoms with Gasteiger partial charge in [0.25, 0.3) is 5.91 Å². The van der Waals surface area contributed by atoms with E-state index in [9.17, 15) is 4.79 Å². The summed E-state index contributed by atoms with van der Waals surface area (Å²) < 4.78 is 0. The Morgan fingerprint density at radius 3 is 2.47 bits per heavy atom. The van der Waals surface area contributed by atoms with Gasteiger partial charge in [0, 0.05) is 12.1 Å². The van der Waals surface area contributed by atoms with Gasteiger partial charge in [0.2, 0.25) is 0 Å². The molecule has 0 heterocycles. The zero-order chi connectivity index (χ0) is 12.3. The fraction of sp³-hybridized carbons (Fsp3) is 0.462. The zero-order valence-electron chi connectivity index (χ0n) is 10.1. The minimum Gasteiger partial charge on any atom is -0.352 e. The summed E-state index contributed by atoms with van der Waals surface area (Å²) in [7, 11) is 0. The van der Waals surface area contributed by atoms with Crippen molar-refractivity contribution in [3.05, 3.63) is 35.9 Å². The molecule has 1 aromatic carbocycles. The summed E-state index contributed by atoms with van der Waals surface area (Å²) in [5.74, 6) is -0.00689. The van der Waals surface area contributed by atoms with Gasteiger partial charge in [-0.25, -0.2) is 0 Å². The van der Waals surface area contributed by atoms with Crippen LogP contribution in [0.1, 0.15) is 23.2 Å². The normalized spacial score (nSPS) is 10.2. The molecule has 1 amide bonds. The first-order valence-corrected chi connectivity index (χ1v) is 6.08. The predicted molar refractivity (Wildman–Crippen MR) is 69.9 cm³/mol. The maximum absolute atomic E-state index is 11.6. The van der Waals surface area contributed by atoms with Gasteiger partial charge in [-0.05, 0) is 44.6 Å². The van der Waals surface area contributed by atoms with Crippen LogP contribution in [-0.2, 0) is 0 Å². The molecule has 0 radical (unpaired) electrons. The Bertz CT molecular complexity index is 314. The highest BCUT2D eigenvalue weighted by atomic mass is 16.1. The Labute approximate surface area is 103 Å². The maximum atomic E-state index is 11.6. The van der Waals surface area contributed by atoms with Crippen molar-refractivity contribution in [2.45, 2.75) is 12.8 Å². The van der Waals surface area contributed by atoms with Gasteiger partial charge in [-0.15, -0.1) is 0 Å². The molecule has 4 heteroatoms. The minimum absolute atomic E-state index is 0.00689. The highest BCUT2D eigenvalue weighted by Crippen LogP contribution is 1.97. The molecule has 0 atom stereocenters. The summed E-state index contributed by atoms with van der Waals surface area (Å²) in [6, 6.07) is 9.26. The third-order valence-electron chi connectivity index (χ3n) is 2.41. The molecule has 0 fully saturated rings. The van der Waals surface area contributed by atoms with Gasteiger partial charge in [0.05, 0.1) is 0 Å². The van der Waals surface area contributed by atoms with Crippen LogP contribution >= 0.6 is 0 Å². The Morgan fingerprint density at radius 1 is 1.06 bits per heavy atom. The molecular weight excluding hydrogens is 214 g/mol. The summed E-state index contributed by atoms with van der Waals surface area (Å²) in [5, 5.41) is 6.15. The van der Waals surface area contributed by atoms with Crippen LogP contribution in [0, 0.1) is 0 Å². The van der Waals surface area contributed by atoms with Crippen molar-refractivity contribution in [3.8, 4) is 0 Å². The Kier molecular flexibility index (Phi) is 7.02. The largest absolute Gasteiger partial charge is 0.352 e. The lowest BCUT2D eigenvalue weighted by molar-refractivity contribution is 0.0953. The van der Waals surface area contributed by atoms with Crippen LogP contribution in [0.3, 0.4) is 0 Å². The van der Waals surface area contributed by atoms with E-state index in [1.54, 1.807) is 0 Å². The molecule has 17 heavy (non-hydrogen) atoms. The van der Waals surface area contributed by atoms with Gasteiger partial charge in [-0.1, -0.05) is 18.2 Å². The van der Waals surface area contributed by atoms with E-state index in [0.717, 1.165) is 32.5 Å². The van der Waals surface area contributed by atoms with E-state index in [2.05, 4.69) is 10.6 Å². The third-order valence-corrected chi connectivity index (χ3v) is 2.41. The van der Waals surface area contributed by atoms with Gasteiger partial charge in [0.1, 0.15) is 0 Å². The molecule has 0 saturated carbocycles. The number of carbonyl (C=O) groups excluding carboxylic acids is 1. The lowest BCUT2D eigenvalue weighted by Gasteiger charge is -2.06. The van der Waals surface area contributed by atoms with Gasteiger partial charge in [-0.2, -0.15) is 0 Å². The molecule has 1 aromatic rings. The predicted octanol–water partition coefficient (Wildman–Crippen LogP) is 0.745. The van der Waals surface area contributed by atoms with Crippen molar-refractivity contribution in [2.75, 3.05) is 26.2 Å². The zero-order valence-corrected chi connectivity index (χ0v) is 10.1. The number of nitrogens with one attached hydrogen (secondary N) is 2. The van der Waals surface area contributed by atoms with Crippen LogP contribution in [0.15, 0.2) is 30.3 Å². The standard InChI is InChI=1S/C13H21N3O/c14-8-4-9-15-10-5-11-16-13(17)12-6-2-1-3-7-12/h1-3,6-7,15H,4-5,8-11,14H2,(H,16,17). The van der Waals surface area contributed by atoms with Crippen molar-refractivity contribution in [2.24, 2.45) is 5.73 Å². The molecule has 1 rings (SSSR count). The molecule has 0 unspecified atom stereocenters. The molecule has 0 spiro atoms. The van der Waals surface area contributed by atoms with Crippen molar-refractivity contribution >= 4 is 5.91 Å². The summed E-state index contributed by atoms with van der Waals surface area (Å²) in [5.41, 5.74) is 6.09. The van der Waals surface area contributed by atoms with Crippen LogP contribution < -0.4 is 16.4 Å². The van der Waals surface area contributed by atoms with E-state index in [4.69, 9.17) is 5.73 Å². The van der Waals surface area contributed by atoms with Crippen molar-refractivity contribution in [1.82, 2.24) is 10.6 Å². The number of hydrogen-bond acceptors (Lipinski definition) is 3. The Morgan fingerprint density at radius 2 is 1.76 bits per heavy atom. The topological polar surface area (TPSA) is 67.2 Å². The molecule has 94 valence electrons. The molecule has 0 aliphatic rings.